The third kappa shape index (κ3) is 5.17. The summed E-state index contributed by atoms with van der Waals surface area (Å²) in [7, 11) is -2.60. The second-order valence-corrected chi connectivity index (χ2v) is 9.05. The average molecular weight is 505 g/mol. The lowest BCUT2D eigenvalue weighted by molar-refractivity contribution is 0.138. The fourth-order valence-electron chi connectivity index (χ4n) is 3.00. The van der Waals surface area contributed by atoms with Crippen molar-refractivity contribution in [2.24, 2.45) is 0 Å². The van der Waals surface area contributed by atoms with E-state index < -0.39 is 29.0 Å². The van der Waals surface area contributed by atoms with Crippen molar-refractivity contribution < 1.29 is 26.7 Å². The van der Waals surface area contributed by atoms with Gasteiger partial charge in [0, 0.05) is 29.7 Å². The normalized spacial score (nSPS) is 13.7. The van der Waals surface area contributed by atoms with Crippen LogP contribution >= 0.6 is 15.9 Å². The molecule has 0 unspecified atom stereocenters. The van der Waals surface area contributed by atoms with Gasteiger partial charge in [-0.3, -0.25) is 9.71 Å². The predicted octanol–water partition coefficient (Wildman–Crippen LogP) is 2.99. The van der Waals surface area contributed by atoms with Gasteiger partial charge in [0.2, 0.25) is 0 Å². The minimum atomic E-state index is -3.97. The highest BCUT2D eigenvalue weighted by Gasteiger charge is 2.24. The number of hydrogen-bond acceptors (Lipinski definition) is 5. The van der Waals surface area contributed by atoms with Crippen LogP contribution in [0.2, 0.25) is 0 Å². The number of urea groups is 1. The Labute approximate surface area is 180 Å². The van der Waals surface area contributed by atoms with Gasteiger partial charge in [-0.15, -0.1) is 0 Å². The van der Waals surface area contributed by atoms with Crippen LogP contribution in [0, 0.1) is 0 Å². The number of pyridine rings is 1. The molecule has 30 heavy (non-hydrogen) atoms. The maximum atomic E-state index is 12.8. The number of alkyl halides is 2. The first-order valence-electron chi connectivity index (χ1n) is 8.84. The van der Waals surface area contributed by atoms with E-state index in [-0.39, 0.29) is 22.9 Å². The summed E-state index contributed by atoms with van der Waals surface area (Å²) in [6.45, 7) is -0.267. The van der Waals surface area contributed by atoms with Crippen molar-refractivity contribution in [1.29, 1.82) is 0 Å². The van der Waals surface area contributed by atoms with E-state index in [0.29, 0.717) is 23.0 Å². The molecule has 2 amide bonds. The summed E-state index contributed by atoms with van der Waals surface area (Å²) in [5, 5.41) is 2.16. The second kappa shape index (κ2) is 9.13. The molecular weight excluding hydrogens is 486 g/mol. The van der Waals surface area contributed by atoms with E-state index >= 15 is 0 Å². The Morgan fingerprint density at radius 2 is 2.13 bits per heavy atom. The van der Waals surface area contributed by atoms with Crippen LogP contribution in [0.25, 0.3) is 0 Å². The van der Waals surface area contributed by atoms with Gasteiger partial charge >= 0.3 is 6.03 Å². The van der Waals surface area contributed by atoms with Gasteiger partial charge in [-0.2, -0.15) is 0 Å². The van der Waals surface area contributed by atoms with E-state index in [1.165, 1.54) is 30.3 Å². The Kier molecular flexibility index (Phi) is 6.76. The molecule has 1 aromatic heterocycles. The summed E-state index contributed by atoms with van der Waals surface area (Å²) >= 11 is 3.24. The lowest BCUT2D eigenvalue weighted by Crippen LogP contribution is -2.44. The van der Waals surface area contributed by atoms with Gasteiger partial charge < -0.3 is 15.0 Å². The van der Waals surface area contributed by atoms with Crippen molar-refractivity contribution in [1.82, 2.24) is 15.2 Å². The summed E-state index contributed by atoms with van der Waals surface area (Å²) < 4.78 is 58.5. The smallest absolute Gasteiger partial charge is 0.317 e. The molecule has 0 bridgehead atoms. The zero-order valence-electron chi connectivity index (χ0n) is 15.9. The molecule has 2 heterocycles. The number of methoxy groups -OCH3 is 1. The topological polar surface area (TPSA) is 101 Å². The molecule has 3 rings (SSSR count). The van der Waals surface area contributed by atoms with Crippen LogP contribution in [0.15, 0.2) is 39.8 Å². The number of amides is 2. The van der Waals surface area contributed by atoms with Crippen LogP contribution in [0.5, 0.6) is 5.75 Å². The Morgan fingerprint density at radius 1 is 1.37 bits per heavy atom. The zero-order chi connectivity index (χ0) is 21.9. The van der Waals surface area contributed by atoms with Crippen molar-refractivity contribution in [2.75, 3.05) is 24.9 Å². The number of carbonyl (C=O) groups is 1. The second-order valence-electron chi connectivity index (χ2n) is 6.48. The Hall–Kier alpha value is -2.47. The standard InChI is InChI=1S/C18H19BrF2N4O4S/c1-29-15-3-2-12(19)7-16(15)30(27,28)24-13-6-11-10-25(5-4-14(11)22-8-13)18(26)23-9-17(20)21/h2-3,6-8,17,24H,4-5,9-10H2,1H3,(H,23,26). The molecular formula is C18H19BrF2N4O4S. The molecule has 1 aromatic carbocycles. The number of nitrogens with zero attached hydrogens (tertiary/aromatic N) is 2. The van der Waals surface area contributed by atoms with E-state index in [1.54, 1.807) is 12.1 Å². The van der Waals surface area contributed by atoms with E-state index in [9.17, 15) is 22.0 Å². The van der Waals surface area contributed by atoms with Gasteiger partial charge in [0.25, 0.3) is 16.4 Å². The van der Waals surface area contributed by atoms with Crippen molar-refractivity contribution in [3.8, 4) is 5.75 Å². The molecule has 2 N–H and O–H groups in total. The van der Waals surface area contributed by atoms with E-state index in [1.807, 2.05) is 0 Å². The maximum absolute atomic E-state index is 12.8. The highest BCUT2D eigenvalue weighted by molar-refractivity contribution is 9.10. The van der Waals surface area contributed by atoms with E-state index in [2.05, 4.69) is 31.0 Å². The number of nitrogens with one attached hydrogen (secondary N) is 2. The number of sulfonamides is 1. The Morgan fingerprint density at radius 3 is 2.83 bits per heavy atom. The SMILES string of the molecule is COc1ccc(Br)cc1S(=O)(=O)Nc1cnc2c(c1)CN(C(=O)NCC(F)F)CC2. The predicted molar refractivity (Wildman–Crippen MR) is 109 cm³/mol. The zero-order valence-corrected chi connectivity index (χ0v) is 18.3. The summed E-state index contributed by atoms with van der Waals surface area (Å²) in [5.41, 5.74) is 1.57. The minimum absolute atomic E-state index is 0.0508. The number of hydrogen-bond donors (Lipinski definition) is 2. The fraction of sp³-hybridized carbons (Fsp3) is 0.333. The average Bonchev–Trinajstić information content (AvgIpc) is 2.71. The number of carbonyl (C=O) groups excluding carboxylic acids is 1. The van der Waals surface area contributed by atoms with Crippen LogP contribution < -0.4 is 14.8 Å². The molecule has 2 aromatic rings. The Bertz CT molecular complexity index is 1050. The lowest BCUT2D eigenvalue weighted by atomic mass is 10.1. The molecule has 1 aliphatic rings. The van der Waals surface area contributed by atoms with Crippen LogP contribution in [0.1, 0.15) is 11.3 Å². The number of benzene rings is 1. The number of ether oxygens (including phenoxy) is 1. The summed E-state index contributed by atoms with van der Waals surface area (Å²) in [5.74, 6) is 0.179. The molecule has 0 saturated carbocycles. The first-order chi connectivity index (χ1) is 14.2. The first-order valence-corrected chi connectivity index (χ1v) is 11.1. The largest absolute Gasteiger partial charge is 0.495 e. The van der Waals surface area contributed by atoms with Crippen LogP contribution in [-0.4, -0.2) is 51.0 Å². The van der Waals surface area contributed by atoms with Gasteiger partial charge in [0.15, 0.2) is 0 Å². The van der Waals surface area contributed by atoms with Crippen molar-refractivity contribution >= 4 is 37.7 Å². The lowest BCUT2D eigenvalue weighted by Gasteiger charge is -2.28. The molecule has 0 fully saturated rings. The summed E-state index contributed by atoms with van der Waals surface area (Å²) in [6, 6.07) is 5.58. The molecule has 0 atom stereocenters. The summed E-state index contributed by atoms with van der Waals surface area (Å²) in [6.07, 6.45) is -0.805. The number of rotatable bonds is 6. The summed E-state index contributed by atoms with van der Waals surface area (Å²) in [4.78, 5) is 17.7. The number of fused-ring (bicyclic) bond motifs is 1. The molecule has 8 nitrogen and oxygen atoms in total. The van der Waals surface area contributed by atoms with E-state index in [0.717, 1.165) is 5.69 Å². The van der Waals surface area contributed by atoms with Crippen molar-refractivity contribution in [3.63, 3.8) is 0 Å². The highest BCUT2D eigenvalue weighted by atomic mass is 79.9. The monoisotopic (exact) mass is 504 g/mol. The van der Waals surface area contributed by atoms with Gasteiger partial charge in [-0.25, -0.2) is 22.0 Å². The van der Waals surface area contributed by atoms with Gasteiger partial charge in [0.1, 0.15) is 10.6 Å². The number of halogens is 3. The first kappa shape index (κ1) is 22.2. The van der Waals surface area contributed by atoms with Crippen LogP contribution in [-0.2, 0) is 23.0 Å². The third-order valence-electron chi connectivity index (χ3n) is 4.40. The number of anilines is 1. The van der Waals surface area contributed by atoms with Gasteiger partial charge in [0.05, 0.1) is 25.5 Å². The molecule has 0 aliphatic carbocycles. The van der Waals surface area contributed by atoms with E-state index in [4.69, 9.17) is 4.74 Å². The van der Waals surface area contributed by atoms with Gasteiger partial charge in [-0.1, -0.05) is 15.9 Å². The molecule has 0 saturated heterocycles. The molecule has 0 radical (unpaired) electrons. The third-order valence-corrected chi connectivity index (χ3v) is 6.30. The fourth-order valence-corrected chi connectivity index (χ4v) is 4.75. The van der Waals surface area contributed by atoms with Crippen LogP contribution in [0.4, 0.5) is 19.3 Å². The van der Waals surface area contributed by atoms with Gasteiger partial charge in [-0.05, 0) is 29.8 Å². The molecule has 1 aliphatic heterocycles. The van der Waals surface area contributed by atoms with Crippen molar-refractivity contribution in [2.45, 2.75) is 24.3 Å². The minimum Gasteiger partial charge on any atom is -0.495 e. The molecule has 0 spiro atoms. The molecule has 162 valence electrons. The molecule has 12 heteroatoms. The maximum Gasteiger partial charge on any atom is 0.317 e. The van der Waals surface area contributed by atoms with Crippen molar-refractivity contribution in [3.05, 3.63) is 46.2 Å². The van der Waals surface area contributed by atoms with Crippen LogP contribution in [0.3, 0.4) is 0 Å². The number of aromatic nitrogens is 1. The quantitative estimate of drug-likeness (QED) is 0.629. The Balaban J connectivity index is 1.79. The highest BCUT2D eigenvalue weighted by Crippen LogP contribution is 2.29.